The Morgan fingerprint density at radius 1 is 1.16 bits per heavy atom. The molecular formula is C12H24O7. The summed E-state index contributed by atoms with van der Waals surface area (Å²) in [6, 6.07) is 0. The highest BCUT2D eigenvalue weighted by molar-refractivity contribution is 4.88. The number of aliphatic hydroxyl groups is 5. The molecule has 0 aliphatic carbocycles. The van der Waals surface area contributed by atoms with E-state index in [9.17, 15) is 20.4 Å². The summed E-state index contributed by atoms with van der Waals surface area (Å²) in [6.45, 7) is 1.65. The van der Waals surface area contributed by atoms with Crippen molar-refractivity contribution in [2.75, 3.05) is 13.2 Å². The average Bonchev–Trinajstić information content (AvgIpc) is 2.42. The van der Waals surface area contributed by atoms with E-state index in [4.69, 9.17) is 14.6 Å². The van der Waals surface area contributed by atoms with Gasteiger partial charge in [-0.25, -0.2) is 0 Å². The van der Waals surface area contributed by atoms with Crippen LogP contribution in [0.3, 0.4) is 0 Å². The van der Waals surface area contributed by atoms with Crippen LogP contribution in [0, 0.1) is 0 Å². The van der Waals surface area contributed by atoms with Crippen molar-refractivity contribution in [1.82, 2.24) is 0 Å². The van der Waals surface area contributed by atoms with Crippen molar-refractivity contribution in [1.29, 1.82) is 0 Å². The van der Waals surface area contributed by atoms with Gasteiger partial charge in [-0.15, -0.1) is 0 Å². The summed E-state index contributed by atoms with van der Waals surface area (Å²) in [4.78, 5) is 0. The van der Waals surface area contributed by atoms with Crippen LogP contribution in [0.5, 0.6) is 0 Å². The van der Waals surface area contributed by atoms with Crippen molar-refractivity contribution in [3.05, 3.63) is 0 Å². The summed E-state index contributed by atoms with van der Waals surface area (Å²) in [5, 5.41) is 47.1. The molecule has 0 saturated carbocycles. The molecule has 1 rings (SSSR count). The van der Waals surface area contributed by atoms with Crippen LogP contribution in [0.15, 0.2) is 0 Å². The van der Waals surface area contributed by atoms with Gasteiger partial charge >= 0.3 is 0 Å². The lowest BCUT2D eigenvalue weighted by atomic mass is 9.99. The molecule has 6 atom stereocenters. The maximum absolute atomic E-state index is 9.68. The molecule has 0 aromatic heterocycles. The summed E-state index contributed by atoms with van der Waals surface area (Å²) in [5.74, 6) is 0. The van der Waals surface area contributed by atoms with E-state index < -0.39 is 37.3 Å². The van der Waals surface area contributed by atoms with Crippen LogP contribution in [0.4, 0.5) is 0 Å². The number of ether oxygens (including phenoxy) is 2. The van der Waals surface area contributed by atoms with Crippen LogP contribution < -0.4 is 0 Å². The minimum absolute atomic E-state index is 0.250. The van der Waals surface area contributed by atoms with Crippen molar-refractivity contribution >= 4 is 0 Å². The van der Waals surface area contributed by atoms with Crippen LogP contribution >= 0.6 is 0 Å². The highest BCUT2D eigenvalue weighted by atomic mass is 16.7. The second-order valence-electron chi connectivity index (χ2n) is 4.77. The molecule has 7 nitrogen and oxygen atoms in total. The molecule has 1 aliphatic heterocycles. The molecule has 0 bridgehead atoms. The maximum Gasteiger partial charge on any atom is 0.186 e. The first-order valence-electron chi connectivity index (χ1n) is 6.61. The van der Waals surface area contributed by atoms with Crippen LogP contribution in [0.1, 0.15) is 26.2 Å². The third kappa shape index (κ3) is 4.64. The van der Waals surface area contributed by atoms with E-state index in [0.29, 0.717) is 19.3 Å². The molecule has 0 spiro atoms. The lowest BCUT2D eigenvalue weighted by Crippen LogP contribution is -2.59. The van der Waals surface area contributed by atoms with Crippen molar-refractivity contribution in [3.8, 4) is 0 Å². The molecule has 1 heterocycles. The van der Waals surface area contributed by atoms with Gasteiger partial charge in [-0.1, -0.05) is 6.92 Å². The molecule has 1 aliphatic rings. The van der Waals surface area contributed by atoms with E-state index in [1.165, 1.54) is 0 Å². The summed E-state index contributed by atoms with van der Waals surface area (Å²) in [7, 11) is 0. The van der Waals surface area contributed by atoms with Crippen LogP contribution in [-0.4, -0.2) is 75.6 Å². The fourth-order valence-corrected chi connectivity index (χ4v) is 1.93. The van der Waals surface area contributed by atoms with Gasteiger partial charge in [-0.05, 0) is 19.3 Å². The molecule has 19 heavy (non-hydrogen) atoms. The third-order valence-electron chi connectivity index (χ3n) is 3.28. The first-order chi connectivity index (χ1) is 9.01. The number of rotatable bonds is 7. The maximum atomic E-state index is 9.68. The zero-order valence-corrected chi connectivity index (χ0v) is 11.1. The predicted octanol–water partition coefficient (Wildman–Crippen LogP) is -1.65. The van der Waals surface area contributed by atoms with Gasteiger partial charge < -0.3 is 35.0 Å². The van der Waals surface area contributed by atoms with E-state index in [0.717, 1.165) is 0 Å². The minimum atomic E-state index is -1.42. The zero-order valence-electron chi connectivity index (χ0n) is 11.1. The first kappa shape index (κ1) is 16.8. The Kier molecular flexibility index (Phi) is 7.16. The van der Waals surface area contributed by atoms with Gasteiger partial charge in [0.1, 0.15) is 24.4 Å². The molecule has 1 saturated heterocycles. The van der Waals surface area contributed by atoms with Crippen molar-refractivity contribution in [3.63, 3.8) is 0 Å². The molecule has 114 valence electrons. The summed E-state index contributed by atoms with van der Waals surface area (Å²) >= 11 is 0. The molecule has 0 aromatic rings. The fourth-order valence-electron chi connectivity index (χ4n) is 1.93. The quantitative estimate of drug-likeness (QED) is 0.355. The smallest absolute Gasteiger partial charge is 0.186 e. The Hall–Kier alpha value is -0.280. The summed E-state index contributed by atoms with van der Waals surface area (Å²) in [6.07, 6.45) is -4.75. The average molecular weight is 280 g/mol. The molecule has 5 N–H and O–H groups in total. The largest absolute Gasteiger partial charge is 0.394 e. The van der Waals surface area contributed by atoms with E-state index in [1.54, 1.807) is 0 Å². The van der Waals surface area contributed by atoms with Gasteiger partial charge in [0, 0.05) is 6.61 Å². The standard InChI is InChI=1S/C12H24O7/c1-2-7(14)4-3-5-18-12-11(17)10(16)9(15)8(6-13)19-12/h7-17H,2-6H2,1H3/t7-,8+,9+,10-,11+,12+/m0/s1. The normalized spacial score (nSPS) is 37.3. The Labute approximate surface area is 112 Å². The van der Waals surface area contributed by atoms with Gasteiger partial charge in [0.15, 0.2) is 6.29 Å². The fraction of sp³-hybridized carbons (Fsp3) is 1.00. The van der Waals surface area contributed by atoms with Gasteiger partial charge in [-0.3, -0.25) is 0 Å². The van der Waals surface area contributed by atoms with Gasteiger partial charge in [0.25, 0.3) is 0 Å². The Morgan fingerprint density at radius 3 is 2.42 bits per heavy atom. The highest BCUT2D eigenvalue weighted by Crippen LogP contribution is 2.22. The Bertz CT molecular complexity index is 248. The predicted molar refractivity (Wildman–Crippen MR) is 65.3 cm³/mol. The highest BCUT2D eigenvalue weighted by Gasteiger charge is 2.43. The molecule has 1 fully saturated rings. The van der Waals surface area contributed by atoms with Crippen LogP contribution in [-0.2, 0) is 9.47 Å². The van der Waals surface area contributed by atoms with E-state index in [1.807, 2.05) is 6.92 Å². The van der Waals surface area contributed by atoms with Crippen molar-refractivity contribution in [2.24, 2.45) is 0 Å². The lowest BCUT2D eigenvalue weighted by Gasteiger charge is -2.39. The summed E-state index contributed by atoms with van der Waals surface area (Å²) < 4.78 is 10.4. The van der Waals surface area contributed by atoms with E-state index in [2.05, 4.69) is 0 Å². The Balaban J connectivity index is 2.35. The molecule has 0 radical (unpaired) electrons. The molecule has 0 aromatic carbocycles. The second-order valence-corrected chi connectivity index (χ2v) is 4.77. The number of aliphatic hydroxyl groups excluding tert-OH is 5. The molecule has 0 amide bonds. The van der Waals surface area contributed by atoms with Crippen LogP contribution in [0.25, 0.3) is 0 Å². The zero-order chi connectivity index (χ0) is 14.4. The van der Waals surface area contributed by atoms with Gasteiger partial charge in [0.05, 0.1) is 12.7 Å². The second kappa shape index (κ2) is 8.11. The Morgan fingerprint density at radius 2 is 1.84 bits per heavy atom. The number of hydrogen-bond donors (Lipinski definition) is 5. The van der Waals surface area contributed by atoms with E-state index in [-0.39, 0.29) is 12.7 Å². The van der Waals surface area contributed by atoms with Gasteiger partial charge in [-0.2, -0.15) is 0 Å². The minimum Gasteiger partial charge on any atom is -0.394 e. The summed E-state index contributed by atoms with van der Waals surface area (Å²) in [5.41, 5.74) is 0. The first-order valence-corrected chi connectivity index (χ1v) is 6.61. The van der Waals surface area contributed by atoms with E-state index >= 15 is 0 Å². The SMILES string of the molecule is CC[C@H](O)CCCO[C@@H]1O[C@H](CO)[C@@H](O)[C@H](O)[C@H]1O. The topological polar surface area (TPSA) is 120 Å². The van der Waals surface area contributed by atoms with Crippen LogP contribution in [0.2, 0.25) is 0 Å². The lowest BCUT2D eigenvalue weighted by molar-refractivity contribution is -0.301. The molecule has 7 heteroatoms. The monoisotopic (exact) mass is 280 g/mol. The number of hydrogen-bond acceptors (Lipinski definition) is 7. The van der Waals surface area contributed by atoms with Crippen molar-refractivity contribution in [2.45, 2.75) is 63.0 Å². The molecule has 0 unspecified atom stereocenters. The molecular weight excluding hydrogens is 256 g/mol. The third-order valence-corrected chi connectivity index (χ3v) is 3.28. The van der Waals surface area contributed by atoms with Crippen molar-refractivity contribution < 1.29 is 35.0 Å². The van der Waals surface area contributed by atoms with Gasteiger partial charge in [0.2, 0.25) is 0 Å².